The van der Waals surface area contributed by atoms with Crippen molar-refractivity contribution >= 4 is 11.8 Å². The largest absolute Gasteiger partial charge is 0.508 e. The fourth-order valence-corrected chi connectivity index (χ4v) is 1.67. The predicted octanol–water partition coefficient (Wildman–Crippen LogP) is 2.85. The summed E-state index contributed by atoms with van der Waals surface area (Å²) in [6.45, 7) is 2.01. The standard InChI is InChI=1S/C11H13NOS/c1-9-4-5-11(13)10(7-9)3-2-6-14-8-12/h4-5,7,13H,2-3,6H2,1H3. The molecule has 0 saturated carbocycles. The maximum atomic E-state index is 9.52. The van der Waals surface area contributed by atoms with Crippen LogP contribution in [0.1, 0.15) is 17.5 Å². The average molecular weight is 207 g/mol. The number of thiocyanates is 1. The third-order valence-electron chi connectivity index (χ3n) is 1.99. The minimum Gasteiger partial charge on any atom is -0.508 e. The zero-order chi connectivity index (χ0) is 10.4. The molecule has 1 rings (SSSR count). The van der Waals surface area contributed by atoms with Gasteiger partial charge in [0.1, 0.15) is 11.2 Å². The third kappa shape index (κ3) is 3.31. The van der Waals surface area contributed by atoms with E-state index in [1.54, 1.807) is 6.07 Å². The lowest BCUT2D eigenvalue weighted by Crippen LogP contribution is -1.89. The summed E-state index contributed by atoms with van der Waals surface area (Å²) < 4.78 is 0. The summed E-state index contributed by atoms with van der Waals surface area (Å²) in [5.41, 5.74) is 2.13. The summed E-state index contributed by atoms with van der Waals surface area (Å²) in [4.78, 5) is 0. The molecule has 1 N–H and O–H groups in total. The van der Waals surface area contributed by atoms with Gasteiger partial charge >= 0.3 is 0 Å². The highest BCUT2D eigenvalue weighted by molar-refractivity contribution is 8.03. The Kier molecular flexibility index (Phi) is 4.34. The van der Waals surface area contributed by atoms with Crippen LogP contribution in [0.2, 0.25) is 0 Å². The Morgan fingerprint density at radius 1 is 1.50 bits per heavy atom. The second-order valence-corrected chi connectivity index (χ2v) is 4.05. The Bertz CT molecular complexity index is 344. The second kappa shape index (κ2) is 5.56. The van der Waals surface area contributed by atoms with Gasteiger partial charge in [-0.05, 0) is 43.2 Å². The predicted molar refractivity (Wildman–Crippen MR) is 59.2 cm³/mol. The molecule has 3 heteroatoms. The molecule has 1 aromatic rings. The number of rotatable bonds is 4. The molecule has 0 saturated heterocycles. The monoisotopic (exact) mass is 207 g/mol. The molecular formula is C11H13NOS. The van der Waals surface area contributed by atoms with Gasteiger partial charge in [-0.15, -0.1) is 0 Å². The first-order valence-corrected chi connectivity index (χ1v) is 5.52. The van der Waals surface area contributed by atoms with Gasteiger partial charge in [0.25, 0.3) is 0 Å². The van der Waals surface area contributed by atoms with Gasteiger partial charge < -0.3 is 5.11 Å². The fraction of sp³-hybridized carbons (Fsp3) is 0.364. The van der Waals surface area contributed by atoms with E-state index in [0.717, 1.165) is 29.7 Å². The maximum Gasteiger partial charge on any atom is 0.133 e. The molecular weight excluding hydrogens is 194 g/mol. The third-order valence-corrected chi connectivity index (χ3v) is 2.61. The zero-order valence-corrected chi connectivity index (χ0v) is 8.97. The molecule has 0 aliphatic heterocycles. The van der Waals surface area contributed by atoms with Crippen molar-refractivity contribution in [3.63, 3.8) is 0 Å². The van der Waals surface area contributed by atoms with Crippen LogP contribution in [0.5, 0.6) is 5.75 Å². The van der Waals surface area contributed by atoms with Crippen LogP contribution in [-0.4, -0.2) is 10.9 Å². The number of phenolic OH excluding ortho intramolecular Hbond substituents is 1. The Morgan fingerprint density at radius 2 is 2.29 bits per heavy atom. The van der Waals surface area contributed by atoms with Crippen LogP contribution in [0.25, 0.3) is 0 Å². The van der Waals surface area contributed by atoms with E-state index in [-0.39, 0.29) is 0 Å². The molecule has 74 valence electrons. The first kappa shape index (κ1) is 10.9. The molecule has 1 aromatic carbocycles. The lowest BCUT2D eigenvalue weighted by Gasteiger charge is -2.04. The highest BCUT2D eigenvalue weighted by Crippen LogP contribution is 2.20. The second-order valence-electron chi connectivity index (χ2n) is 3.18. The Morgan fingerprint density at radius 3 is 3.00 bits per heavy atom. The Balaban J connectivity index is 2.50. The molecule has 0 radical (unpaired) electrons. The summed E-state index contributed by atoms with van der Waals surface area (Å²) in [5.74, 6) is 1.18. The first-order chi connectivity index (χ1) is 6.74. The van der Waals surface area contributed by atoms with Gasteiger partial charge in [0.05, 0.1) is 0 Å². The number of benzene rings is 1. The van der Waals surface area contributed by atoms with Crippen molar-refractivity contribution in [1.29, 1.82) is 5.26 Å². The number of aryl methyl sites for hydroxylation is 2. The van der Waals surface area contributed by atoms with Gasteiger partial charge in [-0.25, -0.2) is 0 Å². The number of hydrogen-bond donors (Lipinski definition) is 1. The van der Waals surface area contributed by atoms with Crippen molar-refractivity contribution in [1.82, 2.24) is 0 Å². The van der Waals surface area contributed by atoms with Crippen LogP contribution < -0.4 is 0 Å². The Labute approximate surface area is 88.6 Å². The molecule has 0 atom stereocenters. The highest BCUT2D eigenvalue weighted by atomic mass is 32.2. The van der Waals surface area contributed by atoms with Crippen LogP contribution >= 0.6 is 11.8 Å². The van der Waals surface area contributed by atoms with Crippen molar-refractivity contribution in [2.75, 3.05) is 5.75 Å². The first-order valence-electron chi connectivity index (χ1n) is 4.53. The molecule has 0 spiro atoms. The van der Waals surface area contributed by atoms with Gasteiger partial charge in [0, 0.05) is 5.75 Å². The van der Waals surface area contributed by atoms with Crippen molar-refractivity contribution < 1.29 is 5.11 Å². The van der Waals surface area contributed by atoms with Gasteiger partial charge in [-0.3, -0.25) is 0 Å². The fourth-order valence-electron chi connectivity index (χ4n) is 1.29. The van der Waals surface area contributed by atoms with E-state index >= 15 is 0 Å². The molecule has 0 heterocycles. The maximum absolute atomic E-state index is 9.52. The zero-order valence-electron chi connectivity index (χ0n) is 8.16. The normalized spacial score (nSPS) is 9.71. The highest BCUT2D eigenvalue weighted by Gasteiger charge is 2.00. The molecule has 0 aliphatic rings. The van der Waals surface area contributed by atoms with E-state index < -0.39 is 0 Å². The minimum absolute atomic E-state index is 0.359. The lowest BCUT2D eigenvalue weighted by molar-refractivity contribution is 0.467. The van der Waals surface area contributed by atoms with Crippen molar-refractivity contribution in [2.24, 2.45) is 0 Å². The summed E-state index contributed by atoms with van der Waals surface area (Å²) in [5, 5.41) is 19.9. The molecule has 0 aliphatic carbocycles. The van der Waals surface area contributed by atoms with Crippen LogP contribution in [0, 0.1) is 17.6 Å². The minimum atomic E-state index is 0.359. The summed E-state index contributed by atoms with van der Waals surface area (Å²) in [6.07, 6.45) is 1.76. The molecule has 0 unspecified atom stereocenters. The molecule has 0 amide bonds. The SMILES string of the molecule is Cc1ccc(O)c(CCCSC#N)c1. The molecule has 2 nitrogen and oxygen atoms in total. The number of nitriles is 1. The molecule has 0 fully saturated rings. The number of hydrogen-bond acceptors (Lipinski definition) is 3. The topological polar surface area (TPSA) is 44.0 Å². The number of phenols is 1. The summed E-state index contributed by atoms with van der Waals surface area (Å²) in [6, 6.07) is 5.61. The summed E-state index contributed by atoms with van der Waals surface area (Å²) >= 11 is 1.26. The van der Waals surface area contributed by atoms with Crippen LogP contribution in [0.4, 0.5) is 0 Å². The summed E-state index contributed by atoms with van der Waals surface area (Å²) in [7, 11) is 0. The van der Waals surface area contributed by atoms with Gasteiger partial charge in [0.15, 0.2) is 0 Å². The van der Waals surface area contributed by atoms with Crippen molar-refractivity contribution in [3.8, 4) is 11.2 Å². The van der Waals surface area contributed by atoms with Gasteiger partial charge in [0.2, 0.25) is 0 Å². The van der Waals surface area contributed by atoms with Crippen LogP contribution in [-0.2, 0) is 6.42 Å². The average Bonchev–Trinajstić information content (AvgIpc) is 2.18. The Hall–Kier alpha value is -1.14. The number of aromatic hydroxyl groups is 1. The molecule has 0 bridgehead atoms. The van der Waals surface area contributed by atoms with E-state index in [4.69, 9.17) is 5.26 Å². The molecule has 0 aromatic heterocycles. The van der Waals surface area contributed by atoms with Gasteiger partial charge in [-0.1, -0.05) is 17.7 Å². The van der Waals surface area contributed by atoms with Crippen molar-refractivity contribution in [3.05, 3.63) is 29.3 Å². The molecule has 14 heavy (non-hydrogen) atoms. The van der Waals surface area contributed by atoms with E-state index in [2.05, 4.69) is 0 Å². The number of nitrogens with zero attached hydrogens (tertiary/aromatic N) is 1. The van der Waals surface area contributed by atoms with E-state index in [1.165, 1.54) is 11.8 Å². The number of thioether (sulfide) groups is 1. The van der Waals surface area contributed by atoms with Gasteiger partial charge in [-0.2, -0.15) is 5.26 Å². The smallest absolute Gasteiger partial charge is 0.133 e. The quantitative estimate of drug-likeness (QED) is 0.610. The van der Waals surface area contributed by atoms with E-state index in [1.807, 2.05) is 24.5 Å². The van der Waals surface area contributed by atoms with Crippen molar-refractivity contribution in [2.45, 2.75) is 19.8 Å². The van der Waals surface area contributed by atoms with Crippen LogP contribution in [0.15, 0.2) is 18.2 Å². The van der Waals surface area contributed by atoms with Crippen LogP contribution in [0.3, 0.4) is 0 Å². The lowest BCUT2D eigenvalue weighted by atomic mass is 10.1. The van der Waals surface area contributed by atoms with E-state index in [9.17, 15) is 5.11 Å². The van der Waals surface area contributed by atoms with E-state index in [0.29, 0.717) is 5.75 Å².